The lowest BCUT2D eigenvalue weighted by atomic mass is 10.1. The van der Waals surface area contributed by atoms with Crippen LogP contribution in [0.1, 0.15) is 11.1 Å². The lowest BCUT2D eigenvalue weighted by molar-refractivity contribution is 0.306. The van der Waals surface area contributed by atoms with Gasteiger partial charge >= 0.3 is 0 Å². The third-order valence-corrected chi connectivity index (χ3v) is 2.87. The Morgan fingerprint density at radius 3 is 2.63 bits per heavy atom. The largest absolute Gasteiger partial charge is 0.489 e. The van der Waals surface area contributed by atoms with Crippen LogP contribution in [0.4, 0.5) is 5.69 Å². The van der Waals surface area contributed by atoms with Crippen molar-refractivity contribution in [2.24, 2.45) is 0 Å². The zero-order valence-corrected chi connectivity index (χ0v) is 11.1. The van der Waals surface area contributed by atoms with E-state index in [1.165, 1.54) is 0 Å². The number of hydrogen-bond donors (Lipinski definition) is 0. The minimum absolute atomic E-state index is 0.403. The molecule has 0 radical (unpaired) electrons. The van der Waals surface area contributed by atoms with Gasteiger partial charge in [-0.25, -0.2) is 0 Å². The minimum atomic E-state index is 0.403. The van der Waals surface area contributed by atoms with Crippen molar-refractivity contribution in [2.45, 2.75) is 6.61 Å². The van der Waals surface area contributed by atoms with Crippen LogP contribution in [-0.4, -0.2) is 14.1 Å². The van der Waals surface area contributed by atoms with E-state index in [1.807, 2.05) is 61.5 Å². The van der Waals surface area contributed by atoms with Crippen molar-refractivity contribution in [1.82, 2.24) is 0 Å². The summed E-state index contributed by atoms with van der Waals surface area (Å²) in [5, 5.41) is 9.02. The summed E-state index contributed by atoms with van der Waals surface area (Å²) in [6, 6.07) is 17.5. The Bertz CT molecular complexity index is 600. The molecule has 3 heteroatoms. The summed E-state index contributed by atoms with van der Waals surface area (Å²) >= 11 is 0. The molecule has 0 fully saturated rings. The molecule has 0 aromatic heterocycles. The summed E-state index contributed by atoms with van der Waals surface area (Å²) in [5.74, 6) is 0.805. The van der Waals surface area contributed by atoms with Gasteiger partial charge < -0.3 is 9.64 Å². The summed E-state index contributed by atoms with van der Waals surface area (Å²) < 4.78 is 5.75. The normalized spacial score (nSPS) is 9.74. The van der Waals surface area contributed by atoms with Crippen molar-refractivity contribution in [2.75, 3.05) is 19.0 Å². The van der Waals surface area contributed by atoms with Crippen molar-refractivity contribution in [3.8, 4) is 11.8 Å². The second-order valence-corrected chi connectivity index (χ2v) is 4.45. The standard InChI is InChI=1S/C16H16N2O/c1-18(2)15-8-5-9-16(10-15)19-12-14-7-4-3-6-13(14)11-17/h3-10H,12H2,1-2H3. The smallest absolute Gasteiger partial charge is 0.121 e. The number of benzene rings is 2. The molecule has 0 atom stereocenters. The second kappa shape index (κ2) is 5.92. The Balaban J connectivity index is 2.11. The van der Waals surface area contributed by atoms with E-state index < -0.39 is 0 Å². The Kier molecular flexibility index (Phi) is 4.04. The van der Waals surface area contributed by atoms with Gasteiger partial charge in [0.2, 0.25) is 0 Å². The lowest BCUT2D eigenvalue weighted by Crippen LogP contribution is -2.08. The molecule has 0 saturated heterocycles. The molecule has 0 aliphatic rings. The van der Waals surface area contributed by atoms with E-state index in [-0.39, 0.29) is 0 Å². The maximum absolute atomic E-state index is 9.02. The van der Waals surface area contributed by atoms with Crippen LogP contribution < -0.4 is 9.64 Å². The van der Waals surface area contributed by atoms with Gasteiger partial charge in [-0.2, -0.15) is 5.26 Å². The molecule has 0 bridgehead atoms. The van der Waals surface area contributed by atoms with E-state index >= 15 is 0 Å². The molecule has 0 saturated carbocycles. The molecule has 0 aliphatic heterocycles. The van der Waals surface area contributed by atoms with Crippen molar-refractivity contribution >= 4 is 5.69 Å². The monoisotopic (exact) mass is 252 g/mol. The molecular weight excluding hydrogens is 236 g/mol. The molecule has 0 aliphatic carbocycles. The number of nitriles is 1. The van der Waals surface area contributed by atoms with Crippen LogP contribution in [0.25, 0.3) is 0 Å². The van der Waals surface area contributed by atoms with Crippen molar-refractivity contribution in [3.63, 3.8) is 0 Å². The molecule has 2 aromatic rings. The van der Waals surface area contributed by atoms with Crippen LogP contribution in [0.5, 0.6) is 5.75 Å². The summed E-state index contributed by atoms with van der Waals surface area (Å²) in [6.45, 7) is 0.403. The minimum Gasteiger partial charge on any atom is -0.489 e. The van der Waals surface area contributed by atoms with Gasteiger partial charge in [-0.05, 0) is 18.2 Å². The Hall–Kier alpha value is -2.47. The van der Waals surface area contributed by atoms with Gasteiger partial charge in [0.1, 0.15) is 12.4 Å². The molecule has 19 heavy (non-hydrogen) atoms. The van der Waals surface area contributed by atoms with Crippen molar-refractivity contribution in [1.29, 1.82) is 5.26 Å². The van der Waals surface area contributed by atoms with Gasteiger partial charge in [0.15, 0.2) is 0 Å². The molecule has 0 heterocycles. The summed E-state index contributed by atoms with van der Waals surface area (Å²) in [6.07, 6.45) is 0. The first-order chi connectivity index (χ1) is 9.20. The van der Waals surface area contributed by atoms with Crippen LogP contribution in [0.15, 0.2) is 48.5 Å². The number of ether oxygens (including phenoxy) is 1. The van der Waals surface area contributed by atoms with Gasteiger partial charge in [-0.3, -0.25) is 0 Å². The van der Waals surface area contributed by atoms with Crippen LogP contribution in [0, 0.1) is 11.3 Å². The van der Waals surface area contributed by atoms with Gasteiger partial charge in [-0.15, -0.1) is 0 Å². The lowest BCUT2D eigenvalue weighted by Gasteiger charge is -2.14. The highest BCUT2D eigenvalue weighted by Crippen LogP contribution is 2.20. The fraction of sp³-hybridized carbons (Fsp3) is 0.188. The third-order valence-electron chi connectivity index (χ3n) is 2.87. The number of anilines is 1. The van der Waals surface area contributed by atoms with Crippen LogP contribution in [0.2, 0.25) is 0 Å². The third kappa shape index (κ3) is 3.26. The molecule has 0 amide bonds. The van der Waals surface area contributed by atoms with E-state index in [4.69, 9.17) is 10.00 Å². The van der Waals surface area contributed by atoms with Gasteiger partial charge in [0, 0.05) is 31.4 Å². The highest BCUT2D eigenvalue weighted by Gasteiger charge is 2.03. The molecule has 96 valence electrons. The van der Waals surface area contributed by atoms with E-state index in [2.05, 4.69) is 6.07 Å². The summed E-state index contributed by atoms with van der Waals surface area (Å²) in [4.78, 5) is 2.02. The van der Waals surface area contributed by atoms with Gasteiger partial charge in [0.05, 0.1) is 11.6 Å². The predicted molar refractivity (Wildman–Crippen MR) is 76.3 cm³/mol. The van der Waals surface area contributed by atoms with E-state index in [1.54, 1.807) is 6.07 Å². The molecular formula is C16H16N2O. The quantitative estimate of drug-likeness (QED) is 0.838. The maximum Gasteiger partial charge on any atom is 0.121 e. The first kappa shape index (κ1) is 13.0. The highest BCUT2D eigenvalue weighted by atomic mass is 16.5. The van der Waals surface area contributed by atoms with Crippen LogP contribution in [0.3, 0.4) is 0 Å². The molecule has 0 spiro atoms. The Morgan fingerprint density at radius 1 is 1.11 bits per heavy atom. The fourth-order valence-electron chi connectivity index (χ4n) is 1.77. The van der Waals surface area contributed by atoms with Crippen LogP contribution in [-0.2, 0) is 6.61 Å². The number of rotatable bonds is 4. The Morgan fingerprint density at radius 2 is 1.89 bits per heavy atom. The molecule has 0 unspecified atom stereocenters. The molecule has 3 nitrogen and oxygen atoms in total. The summed E-state index contributed by atoms with van der Waals surface area (Å²) in [7, 11) is 3.98. The topological polar surface area (TPSA) is 36.3 Å². The average molecular weight is 252 g/mol. The molecule has 0 N–H and O–H groups in total. The van der Waals surface area contributed by atoms with E-state index in [0.29, 0.717) is 12.2 Å². The van der Waals surface area contributed by atoms with E-state index in [9.17, 15) is 0 Å². The van der Waals surface area contributed by atoms with E-state index in [0.717, 1.165) is 17.0 Å². The van der Waals surface area contributed by atoms with Gasteiger partial charge in [0.25, 0.3) is 0 Å². The molecule has 2 rings (SSSR count). The zero-order valence-electron chi connectivity index (χ0n) is 11.1. The molecule has 2 aromatic carbocycles. The second-order valence-electron chi connectivity index (χ2n) is 4.45. The summed E-state index contributed by atoms with van der Waals surface area (Å²) in [5.41, 5.74) is 2.65. The SMILES string of the molecule is CN(C)c1cccc(OCc2ccccc2C#N)c1. The fourth-order valence-corrected chi connectivity index (χ4v) is 1.77. The average Bonchev–Trinajstić information content (AvgIpc) is 2.45. The van der Waals surface area contributed by atoms with Crippen molar-refractivity contribution in [3.05, 3.63) is 59.7 Å². The first-order valence-electron chi connectivity index (χ1n) is 6.09. The van der Waals surface area contributed by atoms with Gasteiger partial charge in [-0.1, -0.05) is 24.3 Å². The number of nitrogens with zero attached hydrogens (tertiary/aromatic N) is 2. The predicted octanol–water partition coefficient (Wildman–Crippen LogP) is 3.20. The van der Waals surface area contributed by atoms with Crippen molar-refractivity contribution < 1.29 is 4.74 Å². The highest BCUT2D eigenvalue weighted by molar-refractivity contribution is 5.49. The maximum atomic E-state index is 9.02. The Labute approximate surface area is 113 Å². The number of hydrogen-bond acceptors (Lipinski definition) is 3. The zero-order chi connectivity index (χ0) is 13.7. The first-order valence-corrected chi connectivity index (χ1v) is 6.09. The van der Waals surface area contributed by atoms with Crippen LogP contribution >= 0.6 is 0 Å².